The number of fused-ring (bicyclic) bond motifs is 1. The average Bonchev–Trinajstić information content (AvgIpc) is 3.02. The number of carbonyl (C=O) groups is 1. The second-order valence-corrected chi connectivity index (χ2v) is 5.20. The van der Waals surface area contributed by atoms with E-state index in [1.54, 1.807) is 7.11 Å². The van der Waals surface area contributed by atoms with E-state index >= 15 is 0 Å². The Bertz CT molecular complexity index is 731. The number of urea groups is 1. The highest BCUT2D eigenvalue weighted by Crippen LogP contribution is 2.32. The number of hydrogen-bond acceptors (Lipinski definition) is 4. The van der Waals surface area contributed by atoms with Crippen molar-refractivity contribution in [2.75, 3.05) is 19.2 Å². The van der Waals surface area contributed by atoms with Crippen LogP contribution in [-0.2, 0) is 6.54 Å². The van der Waals surface area contributed by atoms with Crippen molar-refractivity contribution in [3.8, 4) is 17.2 Å². The van der Waals surface area contributed by atoms with E-state index in [1.165, 1.54) is 0 Å². The number of nitrogens with one attached hydrogen (secondary N) is 2. The van der Waals surface area contributed by atoms with Crippen molar-refractivity contribution in [2.45, 2.75) is 13.5 Å². The van der Waals surface area contributed by atoms with Crippen LogP contribution in [0, 0.1) is 6.92 Å². The molecule has 0 aliphatic carbocycles. The minimum absolute atomic E-state index is 0.236. The zero-order chi connectivity index (χ0) is 16.2. The Balaban J connectivity index is 1.60. The van der Waals surface area contributed by atoms with Crippen LogP contribution in [0.5, 0.6) is 17.2 Å². The first-order valence-electron chi connectivity index (χ1n) is 7.24. The first-order valence-corrected chi connectivity index (χ1v) is 7.24. The minimum atomic E-state index is -0.301. The second kappa shape index (κ2) is 6.48. The van der Waals surface area contributed by atoms with E-state index in [9.17, 15) is 4.79 Å². The number of anilines is 1. The van der Waals surface area contributed by atoms with E-state index < -0.39 is 0 Å². The monoisotopic (exact) mass is 314 g/mol. The van der Waals surface area contributed by atoms with E-state index in [-0.39, 0.29) is 12.8 Å². The van der Waals surface area contributed by atoms with Gasteiger partial charge in [0.2, 0.25) is 6.79 Å². The predicted octanol–water partition coefficient (Wildman–Crippen LogP) is 3.05. The molecule has 1 aliphatic rings. The number of ether oxygens (including phenoxy) is 3. The maximum Gasteiger partial charge on any atom is 0.319 e. The number of aryl methyl sites for hydroxylation is 1. The van der Waals surface area contributed by atoms with Gasteiger partial charge in [-0.1, -0.05) is 12.1 Å². The lowest BCUT2D eigenvalue weighted by atomic mass is 10.2. The van der Waals surface area contributed by atoms with Gasteiger partial charge in [-0.05, 0) is 42.3 Å². The average molecular weight is 314 g/mol. The lowest BCUT2D eigenvalue weighted by molar-refractivity contribution is 0.174. The summed E-state index contributed by atoms with van der Waals surface area (Å²) in [5.74, 6) is 2.05. The molecule has 1 heterocycles. The molecule has 0 spiro atoms. The number of benzene rings is 2. The fourth-order valence-electron chi connectivity index (χ4n) is 2.30. The first-order chi connectivity index (χ1) is 11.2. The summed E-state index contributed by atoms with van der Waals surface area (Å²) in [5.41, 5.74) is 2.62. The molecule has 120 valence electrons. The molecule has 3 rings (SSSR count). The van der Waals surface area contributed by atoms with Gasteiger partial charge in [-0.2, -0.15) is 0 Å². The Morgan fingerprint density at radius 1 is 1.17 bits per heavy atom. The van der Waals surface area contributed by atoms with Crippen molar-refractivity contribution >= 4 is 11.7 Å². The SMILES string of the molecule is COc1cc(C)ccc1NC(=O)NCc1ccc2c(c1)OCO2. The quantitative estimate of drug-likeness (QED) is 0.910. The Kier molecular flexibility index (Phi) is 4.23. The Morgan fingerprint density at radius 2 is 2.00 bits per heavy atom. The van der Waals surface area contributed by atoms with Gasteiger partial charge >= 0.3 is 6.03 Å². The highest BCUT2D eigenvalue weighted by molar-refractivity contribution is 5.90. The second-order valence-electron chi connectivity index (χ2n) is 5.20. The summed E-state index contributed by atoms with van der Waals surface area (Å²) in [7, 11) is 1.57. The van der Waals surface area contributed by atoms with Gasteiger partial charge in [0.15, 0.2) is 11.5 Å². The summed E-state index contributed by atoms with van der Waals surface area (Å²) in [5, 5.41) is 5.58. The number of rotatable bonds is 4. The third-order valence-corrected chi connectivity index (χ3v) is 3.50. The molecule has 0 bridgehead atoms. The van der Waals surface area contributed by atoms with Gasteiger partial charge < -0.3 is 24.8 Å². The highest BCUT2D eigenvalue weighted by Gasteiger charge is 2.13. The molecule has 23 heavy (non-hydrogen) atoms. The molecule has 6 heteroatoms. The molecule has 0 atom stereocenters. The lowest BCUT2D eigenvalue weighted by Gasteiger charge is -2.12. The summed E-state index contributed by atoms with van der Waals surface area (Å²) in [6.45, 7) is 2.59. The molecule has 0 saturated heterocycles. The molecule has 0 radical (unpaired) electrons. The molecular formula is C17H18N2O4. The number of amides is 2. The smallest absolute Gasteiger partial charge is 0.319 e. The molecule has 1 aliphatic heterocycles. The van der Waals surface area contributed by atoms with Gasteiger partial charge in [-0.15, -0.1) is 0 Å². The fraction of sp³-hybridized carbons (Fsp3) is 0.235. The molecule has 2 N–H and O–H groups in total. The lowest BCUT2D eigenvalue weighted by Crippen LogP contribution is -2.28. The Morgan fingerprint density at radius 3 is 2.83 bits per heavy atom. The van der Waals surface area contributed by atoms with Crippen LogP contribution in [0.15, 0.2) is 36.4 Å². The zero-order valence-corrected chi connectivity index (χ0v) is 13.0. The van der Waals surface area contributed by atoms with E-state index in [4.69, 9.17) is 14.2 Å². The van der Waals surface area contributed by atoms with E-state index in [1.807, 2.05) is 43.3 Å². The molecule has 0 saturated carbocycles. The van der Waals surface area contributed by atoms with Crippen LogP contribution in [0.4, 0.5) is 10.5 Å². The van der Waals surface area contributed by atoms with Gasteiger partial charge in [0.25, 0.3) is 0 Å². The van der Waals surface area contributed by atoms with Crippen LogP contribution in [0.25, 0.3) is 0 Å². The highest BCUT2D eigenvalue weighted by atomic mass is 16.7. The van der Waals surface area contributed by atoms with Crippen LogP contribution >= 0.6 is 0 Å². The summed E-state index contributed by atoms with van der Waals surface area (Å²) in [6, 6.07) is 10.9. The van der Waals surface area contributed by atoms with Crippen molar-refractivity contribution in [3.63, 3.8) is 0 Å². The van der Waals surface area contributed by atoms with Crippen molar-refractivity contribution in [3.05, 3.63) is 47.5 Å². The van der Waals surface area contributed by atoms with Crippen LogP contribution in [0.2, 0.25) is 0 Å². The van der Waals surface area contributed by atoms with Gasteiger partial charge in [0.05, 0.1) is 12.8 Å². The zero-order valence-electron chi connectivity index (χ0n) is 13.0. The molecule has 0 unspecified atom stereocenters. The normalized spacial score (nSPS) is 11.9. The standard InChI is InChI=1S/C17H18N2O4/c1-11-3-5-13(15(7-11)21-2)19-17(20)18-9-12-4-6-14-16(8-12)23-10-22-14/h3-8H,9-10H2,1-2H3,(H2,18,19,20). The maximum absolute atomic E-state index is 12.0. The summed E-state index contributed by atoms with van der Waals surface area (Å²) in [6.07, 6.45) is 0. The molecule has 6 nitrogen and oxygen atoms in total. The van der Waals surface area contributed by atoms with Crippen molar-refractivity contribution in [1.29, 1.82) is 0 Å². The third kappa shape index (κ3) is 3.48. The summed E-state index contributed by atoms with van der Waals surface area (Å²) < 4.78 is 15.8. The summed E-state index contributed by atoms with van der Waals surface area (Å²) >= 11 is 0. The van der Waals surface area contributed by atoms with Gasteiger partial charge in [0, 0.05) is 6.54 Å². The van der Waals surface area contributed by atoms with E-state index in [0.717, 1.165) is 16.9 Å². The van der Waals surface area contributed by atoms with Crippen molar-refractivity contribution in [2.24, 2.45) is 0 Å². The minimum Gasteiger partial charge on any atom is -0.495 e. The number of carbonyl (C=O) groups excluding carboxylic acids is 1. The molecule has 2 aromatic carbocycles. The topological polar surface area (TPSA) is 68.8 Å². The van der Waals surface area contributed by atoms with Gasteiger partial charge in [-0.3, -0.25) is 0 Å². The molecule has 2 aromatic rings. The van der Waals surface area contributed by atoms with Gasteiger partial charge in [0.1, 0.15) is 5.75 Å². The molecule has 2 amide bonds. The van der Waals surface area contributed by atoms with Crippen LogP contribution < -0.4 is 24.8 Å². The molecule has 0 fully saturated rings. The van der Waals surface area contributed by atoms with Crippen LogP contribution in [0.3, 0.4) is 0 Å². The maximum atomic E-state index is 12.0. The van der Waals surface area contributed by atoms with E-state index in [0.29, 0.717) is 23.7 Å². The predicted molar refractivity (Wildman–Crippen MR) is 86.2 cm³/mol. The van der Waals surface area contributed by atoms with Crippen LogP contribution in [0.1, 0.15) is 11.1 Å². The largest absolute Gasteiger partial charge is 0.495 e. The fourth-order valence-corrected chi connectivity index (χ4v) is 2.30. The first kappa shape index (κ1) is 15.0. The van der Waals surface area contributed by atoms with Crippen molar-refractivity contribution < 1.29 is 19.0 Å². The number of hydrogen-bond donors (Lipinski definition) is 2. The van der Waals surface area contributed by atoms with Gasteiger partial charge in [-0.25, -0.2) is 4.79 Å². The van der Waals surface area contributed by atoms with Crippen molar-refractivity contribution in [1.82, 2.24) is 5.32 Å². The van der Waals surface area contributed by atoms with E-state index in [2.05, 4.69) is 10.6 Å². The van der Waals surface area contributed by atoms with Crippen LogP contribution in [-0.4, -0.2) is 19.9 Å². The molecular weight excluding hydrogens is 296 g/mol. The number of methoxy groups -OCH3 is 1. The third-order valence-electron chi connectivity index (χ3n) is 3.50. The molecule has 0 aromatic heterocycles. The Labute approximate surface area is 134 Å². The Hall–Kier alpha value is -2.89. The summed E-state index contributed by atoms with van der Waals surface area (Å²) in [4.78, 5) is 12.0.